The molecule has 0 bridgehead atoms. The summed E-state index contributed by atoms with van der Waals surface area (Å²) in [6, 6.07) is 0. The summed E-state index contributed by atoms with van der Waals surface area (Å²) in [5.41, 5.74) is -0.663. The molecule has 2 saturated heterocycles. The molecule has 2 heterocycles. The Bertz CT molecular complexity index is 445. The van der Waals surface area contributed by atoms with Gasteiger partial charge in [0, 0.05) is 0 Å². The third-order valence-electron chi connectivity index (χ3n) is 5.25. The third-order valence-corrected chi connectivity index (χ3v) is 5.25. The van der Waals surface area contributed by atoms with Crippen molar-refractivity contribution < 1.29 is 23.7 Å². The zero-order valence-electron chi connectivity index (χ0n) is 16.8. The molecule has 0 N–H and O–H groups in total. The van der Waals surface area contributed by atoms with Crippen molar-refractivity contribution >= 4 is 5.97 Å². The first-order valence-electron chi connectivity index (χ1n) is 9.82. The van der Waals surface area contributed by atoms with Gasteiger partial charge in [-0.2, -0.15) is 0 Å². The average Bonchev–Trinajstić information content (AvgIpc) is 3.09. The van der Waals surface area contributed by atoms with Gasteiger partial charge < -0.3 is 18.9 Å². The highest BCUT2D eigenvalue weighted by Gasteiger charge is 2.51. The highest BCUT2D eigenvalue weighted by atomic mass is 16.7. The fourth-order valence-corrected chi connectivity index (χ4v) is 3.72. The second-order valence-electron chi connectivity index (χ2n) is 8.69. The highest BCUT2D eigenvalue weighted by Crippen LogP contribution is 2.35. The fraction of sp³-hybridized carbons (Fsp3) is 0.950. The van der Waals surface area contributed by atoms with Crippen LogP contribution in [0.3, 0.4) is 0 Å². The lowest BCUT2D eigenvalue weighted by Crippen LogP contribution is -2.40. The smallest absolute Gasteiger partial charge is 0.311 e. The van der Waals surface area contributed by atoms with Crippen molar-refractivity contribution in [3.8, 4) is 0 Å². The first-order valence-corrected chi connectivity index (χ1v) is 9.82. The number of unbranched alkanes of at least 4 members (excludes halogenated alkanes) is 1. The maximum Gasteiger partial charge on any atom is 0.311 e. The maximum atomic E-state index is 12.5. The van der Waals surface area contributed by atoms with Crippen molar-refractivity contribution in [3.63, 3.8) is 0 Å². The molecule has 0 aliphatic carbocycles. The normalized spacial score (nSPS) is 29.7. The Morgan fingerprint density at radius 3 is 2.16 bits per heavy atom. The van der Waals surface area contributed by atoms with Crippen LogP contribution in [0.15, 0.2) is 0 Å². The third kappa shape index (κ3) is 5.18. The Kier molecular flexibility index (Phi) is 6.91. The number of carbonyl (C=O) groups excluding carboxylic acids is 1. The molecule has 2 rings (SSSR count). The van der Waals surface area contributed by atoms with Gasteiger partial charge in [0.1, 0.15) is 18.3 Å². The molecule has 0 spiro atoms. The van der Waals surface area contributed by atoms with Gasteiger partial charge in [-0.1, -0.05) is 33.1 Å². The number of hydrogen-bond acceptors (Lipinski definition) is 5. The average molecular weight is 357 g/mol. The van der Waals surface area contributed by atoms with Gasteiger partial charge in [0.15, 0.2) is 6.10 Å². The Morgan fingerprint density at radius 2 is 1.56 bits per heavy atom. The minimum atomic E-state index is -0.467. The first kappa shape index (κ1) is 20.7. The molecule has 0 aromatic carbocycles. The Labute approximate surface area is 152 Å². The second-order valence-corrected chi connectivity index (χ2v) is 8.69. The van der Waals surface area contributed by atoms with E-state index in [-0.39, 0.29) is 36.0 Å². The molecular weight excluding hydrogens is 320 g/mol. The predicted molar refractivity (Wildman–Crippen MR) is 96.5 cm³/mol. The van der Waals surface area contributed by atoms with Crippen LogP contribution in [0.25, 0.3) is 0 Å². The van der Waals surface area contributed by atoms with Crippen LogP contribution in [0, 0.1) is 5.41 Å². The quantitative estimate of drug-likeness (QED) is 0.587. The lowest BCUT2D eigenvalue weighted by Gasteiger charge is -2.30. The Balaban J connectivity index is 1.90. The van der Waals surface area contributed by atoms with Crippen LogP contribution < -0.4 is 0 Å². The first-order chi connectivity index (χ1) is 11.7. The van der Waals surface area contributed by atoms with Crippen LogP contribution in [-0.4, -0.2) is 49.2 Å². The van der Waals surface area contributed by atoms with Gasteiger partial charge in [-0.05, 0) is 40.5 Å². The number of carbonyl (C=O) groups is 1. The number of esters is 1. The molecule has 146 valence electrons. The van der Waals surface area contributed by atoms with Gasteiger partial charge in [0.25, 0.3) is 0 Å². The van der Waals surface area contributed by atoms with E-state index < -0.39 is 5.41 Å². The molecule has 5 heteroatoms. The Morgan fingerprint density at radius 1 is 0.960 bits per heavy atom. The SMILES string of the molecule is CCCCC(C)(C)C(=O)OC1CO[C@@H]2C(OC(C)(C)CCC)CO[C@H]12. The van der Waals surface area contributed by atoms with Crippen LogP contribution in [0.4, 0.5) is 0 Å². The summed E-state index contributed by atoms with van der Waals surface area (Å²) in [6.45, 7) is 13.3. The molecule has 25 heavy (non-hydrogen) atoms. The molecule has 0 saturated carbocycles. The minimum Gasteiger partial charge on any atom is -0.457 e. The summed E-state index contributed by atoms with van der Waals surface area (Å²) in [7, 11) is 0. The number of fused-ring (bicyclic) bond motifs is 1. The molecule has 0 aromatic heterocycles. The molecule has 4 atom stereocenters. The van der Waals surface area contributed by atoms with Crippen molar-refractivity contribution in [1.82, 2.24) is 0 Å². The molecule has 0 radical (unpaired) electrons. The van der Waals surface area contributed by atoms with Crippen LogP contribution in [0.2, 0.25) is 0 Å². The molecule has 2 aliphatic heterocycles. The van der Waals surface area contributed by atoms with Gasteiger partial charge in [-0.15, -0.1) is 0 Å². The van der Waals surface area contributed by atoms with E-state index in [4.69, 9.17) is 18.9 Å². The van der Waals surface area contributed by atoms with E-state index in [1.54, 1.807) is 0 Å². The van der Waals surface area contributed by atoms with Gasteiger partial charge in [0.05, 0.1) is 24.2 Å². The lowest BCUT2D eigenvalue weighted by atomic mass is 9.87. The van der Waals surface area contributed by atoms with Crippen LogP contribution >= 0.6 is 0 Å². The number of rotatable bonds is 9. The summed E-state index contributed by atoms with van der Waals surface area (Å²) in [5.74, 6) is -0.158. The Hall–Kier alpha value is -0.650. The molecule has 0 aromatic rings. The van der Waals surface area contributed by atoms with E-state index in [9.17, 15) is 4.79 Å². The summed E-state index contributed by atoms with van der Waals surface area (Å²) in [6.07, 6.45) is 4.21. The number of ether oxygens (including phenoxy) is 4. The topological polar surface area (TPSA) is 54.0 Å². The standard InChI is InChI=1S/C20H36O5/c1-7-9-11-19(3,4)18(21)24-14-12-22-17-15(13-23-16(14)17)25-20(5,6)10-8-2/h14-17H,7-13H2,1-6H3/t14?,15?,16-,17-/m1/s1. The van der Waals surface area contributed by atoms with Gasteiger partial charge in [-0.3, -0.25) is 4.79 Å². The van der Waals surface area contributed by atoms with E-state index in [1.807, 2.05) is 13.8 Å². The second kappa shape index (κ2) is 8.36. The van der Waals surface area contributed by atoms with Crippen molar-refractivity contribution in [3.05, 3.63) is 0 Å². The van der Waals surface area contributed by atoms with E-state index >= 15 is 0 Å². The van der Waals surface area contributed by atoms with Crippen molar-refractivity contribution in [2.45, 2.75) is 104 Å². The van der Waals surface area contributed by atoms with E-state index in [0.717, 1.165) is 32.1 Å². The van der Waals surface area contributed by atoms with Gasteiger partial charge in [-0.25, -0.2) is 0 Å². The van der Waals surface area contributed by atoms with Crippen LogP contribution in [0.5, 0.6) is 0 Å². The monoisotopic (exact) mass is 356 g/mol. The molecule has 2 fully saturated rings. The maximum absolute atomic E-state index is 12.5. The summed E-state index contributed by atoms with van der Waals surface area (Å²) in [5, 5.41) is 0. The van der Waals surface area contributed by atoms with Crippen LogP contribution in [-0.2, 0) is 23.7 Å². The number of hydrogen-bond donors (Lipinski definition) is 0. The summed E-state index contributed by atoms with van der Waals surface area (Å²) in [4.78, 5) is 12.5. The van der Waals surface area contributed by atoms with Gasteiger partial charge in [0.2, 0.25) is 0 Å². The zero-order valence-corrected chi connectivity index (χ0v) is 16.8. The predicted octanol–water partition coefficient (Wildman–Crippen LogP) is 3.88. The molecule has 5 nitrogen and oxygen atoms in total. The largest absolute Gasteiger partial charge is 0.457 e. The van der Waals surface area contributed by atoms with E-state index in [1.165, 1.54) is 0 Å². The van der Waals surface area contributed by atoms with Gasteiger partial charge >= 0.3 is 5.97 Å². The molecule has 2 unspecified atom stereocenters. The van der Waals surface area contributed by atoms with Crippen molar-refractivity contribution in [2.75, 3.05) is 13.2 Å². The van der Waals surface area contributed by atoms with Crippen molar-refractivity contribution in [2.24, 2.45) is 5.41 Å². The summed E-state index contributed by atoms with van der Waals surface area (Å²) >= 11 is 0. The molecule has 0 amide bonds. The lowest BCUT2D eigenvalue weighted by molar-refractivity contribution is -0.165. The molecule has 2 aliphatic rings. The van der Waals surface area contributed by atoms with Crippen molar-refractivity contribution in [1.29, 1.82) is 0 Å². The molecular formula is C20H36O5. The minimum absolute atomic E-state index is 0.0941. The fourth-order valence-electron chi connectivity index (χ4n) is 3.72. The summed E-state index contributed by atoms with van der Waals surface area (Å²) < 4.78 is 23.8. The van der Waals surface area contributed by atoms with E-state index in [0.29, 0.717) is 13.2 Å². The highest BCUT2D eigenvalue weighted by molar-refractivity contribution is 5.76. The van der Waals surface area contributed by atoms with Crippen LogP contribution in [0.1, 0.15) is 73.6 Å². The zero-order chi connectivity index (χ0) is 18.7. The van der Waals surface area contributed by atoms with E-state index in [2.05, 4.69) is 27.7 Å².